The van der Waals surface area contributed by atoms with Crippen LogP contribution in [0.3, 0.4) is 0 Å². The third kappa shape index (κ3) is 4.02. The number of phenolic OH excluding ortho intramolecular Hbond substituents is 1. The monoisotopic (exact) mass is 371 g/mol. The first-order valence-electron chi connectivity index (χ1n) is 8.66. The number of anilines is 2. The van der Waals surface area contributed by atoms with Gasteiger partial charge in [0, 0.05) is 23.0 Å². The van der Waals surface area contributed by atoms with Gasteiger partial charge in [-0.1, -0.05) is 18.2 Å². The molecular weight excluding hydrogens is 354 g/mol. The number of carbonyl (C=O) groups excluding carboxylic acids is 1. The Hall–Kier alpha value is -4.06. The van der Waals surface area contributed by atoms with Crippen LogP contribution in [0.25, 0.3) is 10.9 Å². The number of rotatable bonds is 4. The molecule has 138 valence electrons. The zero-order valence-electron chi connectivity index (χ0n) is 14.8. The number of urea groups is 1. The van der Waals surface area contributed by atoms with E-state index >= 15 is 0 Å². The lowest BCUT2D eigenvalue weighted by Crippen LogP contribution is -2.19. The molecule has 0 aliphatic rings. The minimum Gasteiger partial charge on any atom is -0.508 e. The number of fused-ring (bicyclic) bond motifs is 1. The van der Waals surface area contributed by atoms with Crippen LogP contribution in [0.15, 0.2) is 85.1 Å². The Morgan fingerprint density at radius 3 is 2.18 bits per heavy atom. The van der Waals surface area contributed by atoms with Crippen molar-refractivity contribution in [2.75, 3.05) is 10.6 Å². The van der Waals surface area contributed by atoms with E-state index in [0.29, 0.717) is 22.9 Å². The van der Waals surface area contributed by atoms with Crippen LogP contribution in [0.4, 0.5) is 16.2 Å². The van der Waals surface area contributed by atoms with E-state index in [-0.39, 0.29) is 11.8 Å². The average molecular weight is 371 g/mol. The molecule has 0 unspecified atom stereocenters. The van der Waals surface area contributed by atoms with E-state index < -0.39 is 0 Å². The Bertz CT molecular complexity index is 1100. The molecule has 0 atom stereocenters. The molecule has 6 heteroatoms. The molecule has 0 spiro atoms. The minimum atomic E-state index is -0.377. The number of nitrogens with one attached hydrogen (secondary N) is 2. The molecular formula is C22H17N3O3. The summed E-state index contributed by atoms with van der Waals surface area (Å²) in [4.78, 5) is 16.4. The summed E-state index contributed by atoms with van der Waals surface area (Å²) in [5.41, 5.74) is 2.00. The van der Waals surface area contributed by atoms with Gasteiger partial charge in [-0.2, -0.15) is 0 Å². The minimum absolute atomic E-state index is 0.142. The summed E-state index contributed by atoms with van der Waals surface area (Å²) < 4.78 is 5.94. The number of hydrogen-bond donors (Lipinski definition) is 3. The summed E-state index contributed by atoms with van der Waals surface area (Å²) in [7, 11) is 0. The van der Waals surface area contributed by atoms with Gasteiger partial charge in [0.2, 0.25) is 0 Å². The van der Waals surface area contributed by atoms with E-state index in [4.69, 9.17) is 4.74 Å². The number of para-hydroxylation sites is 1. The molecule has 3 aromatic carbocycles. The Labute approximate surface area is 161 Å². The molecule has 4 rings (SSSR count). The number of ether oxygens (including phenoxy) is 1. The van der Waals surface area contributed by atoms with E-state index in [0.717, 1.165) is 10.9 Å². The lowest BCUT2D eigenvalue weighted by atomic mass is 10.2. The number of hydrogen-bond acceptors (Lipinski definition) is 4. The highest BCUT2D eigenvalue weighted by atomic mass is 16.5. The lowest BCUT2D eigenvalue weighted by molar-refractivity contribution is 0.262. The number of carbonyl (C=O) groups is 1. The standard InChI is InChI=1S/C22H17N3O3/c26-18-10-6-16(7-11-18)24-22(27)25-17-8-12-19(13-9-17)28-20-5-1-3-15-4-2-14-23-21(15)20/h1-14,26H,(H2,24,25,27). The number of phenols is 1. The molecule has 0 saturated heterocycles. The van der Waals surface area contributed by atoms with Gasteiger partial charge in [-0.05, 0) is 60.7 Å². The van der Waals surface area contributed by atoms with Crippen molar-refractivity contribution in [1.82, 2.24) is 4.98 Å². The highest BCUT2D eigenvalue weighted by molar-refractivity contribution is 5.99. The van der Waals surface area contributed by atoms with Gasteiger partial charge in [-0.15, -0.1) is 0 Å². The number of pyridine rings is 1. The predicted octanol–water partition coefficient (Wildman–Crippen LogP) is 5.38. The Morgan fingerprint density at radius 1 is 0.821 bits per heavy atom. The van der Waals surface area contributed by atoms with E-state index in [9.17, 15) is 9.90 Å². The van der Waals surface area contributed by atoms with Crippen molar-refractivity contribution in [3.63, 3.8) is 0 Å². The maximum atomic E-state index is 12.1. The van der Waals surface area contributed by atoms with Crippen LogP contribution >= 0.6 is 0 Å². The summed E-state index contributed by atoms with van der Waals surface area (Å²) in [5.74, 6) is 1.45. The van der Waals surface area contributed by atoms with Crippen molar-refractivity contribution in [3.8, 4) is 17.2 Å². The zero-order chi connectivity index (χ0) is 19.3. The normalized spacial score (nSPS) is 10.4. The van der Waals surface area contributed by atoms with Gasteiger partial charge in [0.15, 0.2) is 5.75 Å². The van der Waals surface area contributed by atoms with Gasteiger partial charge in [-0.25, -0.2) is 4.79 Å². The van der Waals surface area contributed by atoms with E-state index in [1.165, 1.54) is 12.1 Å². The van der Waals surface area contributed by atoms with Crippen molar-refractivity contribution >= 4 is 28.3 Å². The van der Waals surface area contributed by atoms with Crippen LogP contribution in [0, 0.1) is 0 Å². The van der Waals surface area contributed by atoms with Crippen LogP contribution in [-0.2, 0) is 0 Å². The average Bonchev–Trinajstić information content (AvgIpc) is 2.71. The smallest absolute Gasteiger partial charge is 0.323 e. The van der Waals surface area contributed by atoms with E-state index in [1.807, 2.05) is 30.3 Å². The van der Waals surface area contributed by atoms with Crippen LogP contribution in [0.1, 0.15) is 0 Å². The van der Waals surface area contributed by atoms with Gasteiger partial charge in [-0.3, -0.25) is 4.98 Å². The van der Waals surface area contributed by atoms with Crippen LogP contribution in [-0.4, -0.2) is 16.1 Å². The third-order valence-electron chi connectivity index (χ3n) is 4.06. The molecule has 0 bridgehead atoms. The van der Waals surface area contributed by atoms with E-state index in [1.54, 1.807) is 42.6 Å². The van der Waals surface area contributed by atoms with Gasteiger partial charge in [0.1, 0.15) is 17.0 Å². The van der Waals surface area contributed by atoms with Crippen LogP contribution < -0.4 is 15.4 Å². The van der Waals surface area contributed by atoms with E-state index in [2.05, 4.69) is 15.6 Å². The SMILES string of the molecule is O=C(Nc1ccc(O)cc1)Nc1ccc(Oc2cccc3cccnc23)cc1. The highest BCUT2D eigenvalue weighted by Gasteiger charge is 2.06. The summed E-state index contributed by atoms with van der Waals surface area (Å²) in [6.07, 6.45) is 1.73. The fourth-order valence-electron chi connectivity index (χ4n) is 2.73. The van der Waals surface area contributed by atoms with Crippen molar-refractivity contribution < 1.29 is 14.6 Å². The first-order chi connectivity index (χ1) is 13.7. The molecule has 1 aromatic heterocycles. The lowest BCUT2D eigenvalue weighted by Gasteiger charge is -2.10. The summed E-state index contributed by atoms with van der Waals surface area (Å²) in [6.45, 7) is 0. The molecule has 4 aromatic rings. The van der Waals surface area contributed by atoms with Crippen LogP contribution in [0.5, 0.6) is 17.2 Å². The Balaban J connectivity index is 1.42. The fourth-order valence-corrected chi connectivity index (χ4v) is 2.73. The Morgan fingerprint density at radius 2 is 1.46 bits per heavy atom. The molecule has 2 amide bonds. The number of aromatic nitrogens is 1. The van der Waals surface area contributed by atoms with Crippen molar-refractivity contribution in [2.24, 2.45) is 0 Å². The number of nitrogens with zero attached hydrogens (tertiary/aromatic N) is 1. The molecule has 0 radical (unpaired) electrons. The molecule has 6 nitrogen and oxygen atoms in total. The number of aromatic hydroxyl groups is 1. The van der Waals surface area contributed by atoms with Gasteiger partial charge in [0.25, 0.3) is 0 Å². The summed E-state index contributed by atoms with van der Waals surface area (Å²) in [6, 6.07) is 22.6. The third-order valence-corrected chi connectivity index (χ3v) is 4.06. The van der Waals surface area contributed by atoms with Gasteiger partial charge in [0.05, 0.1) is 0 Å². The van der Waals surface area contributed by atoms with Crippen LogP contribution in [0.2, 0.25) is 0 Å². The molecule has 0 saturated carbocycles. The second-order valence-corrected chi connectivity index (χ2v) is 6.08. The molecule has 3 N–H and O–H groups in total. The molecule has 1 heterocycles. The topological polar surface area (TPSA) is 83.5 Å². The molecule has 28 heavy (non-hydrogen) atoms. The largest absolute Gasteiger partial charge is 0.508 e. The summed E-state index contributed by atoms with van der Waals surface area (Å²) >= 11 is 0. The highest BCUT2D eigenvalue weighted by Crippen LogP contribution is 2.29. The number of amides is 2. The maximum absolute atomic E-state index is 12.1. The maximum Gasteiger partial charge on any atom is 0.323 e. The van der Waals surface area contributed by atoms with Gasteiger partial charge >= 0.3 is 6.03 Å². The fraction of sp³-hybridized carbons (Fsp3) is 0. The van der Waals surface area contributed by atoms with Crippen molar-refractivity contribution in [3.05, 3.63) is 85.1 Å². The second kappa shape index (κ2) is 7.67. The summed E-state index contributed by atoms with van der Waals surface area (Å²) in [5, 5.41) is 15.7. The van der Waals surface area contributed by atoms with Gasteiger partial charge < -0.3 is 20.5 Å². The molecule has 0 fully saturated rings. The quantitative estimate of drug-likeness (QED) is 0.421. The Kier molecular flexibility index (Phi) is 4.76. The zero-order valence-corrected chi connectivity index (χ0v) is 14.8. The first-order valence-corrected chi connectivity index (χ1v) is 8.66. The van der Waals surface area contributed by atoms with Crippen molar-refractivity contribution in [2.45, 2.75) is 0 Å². The molecule has 0 aliphatic carbocycles. The molecule has 0 aliphatic heterocycles. The second-order valence-electron chi connectivity index (χ2n) is 6.08. The first kappa shape index (κ1) is 17.4. The number of benzene rings is 3. The predicted molar refractivity (Wildman–Crippen MR) is 109 cm³/mol. The van der Waals surface area contributed by atoms with Crippen molar-refractivity contribution in [1.29, 1.82) is 0 Å².